The van der Waals surface area contributed by atoms with Gasteiger partial charge in [-0.1, -0.05) is 65.7 Å². The van der Waals surface area contributed by atoms with Crippen molar-refractivity contribution in [3.8, 4) is 0 Å². The van der Waals surface area contributed by atoms with Crippen LogP contribution in [0.4, 0.5) is 0 Å². The molecule has 0 aromatic heterocycles. The van der Waals surface area contributed by atoms with Gasteiger partial charge in [-0.05, 0) is 25.7 Å². The van der Waals surface area contributed by atoms with Crippen LogP contribution in [0.1, 0.15) is 91.4 Å². The lowest BCUT2D eigenvalue weighted by Crippen LogP contribution is -2.38. The van der Waals surface area contributed by atoms with E-state index < -0.39 is 0 Å². The van der Waals surface area contributed by atoms with Gasteiger partial charge < -0.3 is 5.11 Å². The van der Waals surface area contributed by atoms with Crippen molar-refractivity contribution in [2.75, 3.05) is 0 Å². The second-order valence-corrected chi connectivity index (χ2v) is 5.51. The third-order valence-electron chi connectivity index (χ3n) is 3.57. The van der Waals surface area contributed by atoms with E-state index in [0.29, 0.717) is 6.04 Å². The van der Waals surface area contributed by atoms with Gasteiger partial charge in [0, 0.05) is 6.04 Å². The van der Waals surface area contributed by atoms with Crippen LogP contribution < -0.4 is 5.32 Å². The Hall–Kier alpha value is -0.0800. The highest BCUT2D eigenvalue weighted by atomic mass is 16.3. The van der Waals surface area contributed by atoms with E-state index >= 15 is 0 Å². The molecule has 0 rings (SSSR count). The smallest absolute Gasteiger partial charge is 0.105 e. The van der Waals surface area contributed by atoms with Crippen LogP contribution in [0.3, 0.4) is 0 Å². The molecule has 0 aromatic rings. The largest absolute Gasteiger partial charge is 0.379 e. The fourth-order valence-corrected chi connectivity index (χ4v) is 2.35. The van der Waals surface area contributed by atoms with Gasteiger partial charge in [0.2, 0.25) is 0 Å². The minimum Gasteiger partial charge on any atom is -0.379 e. The van der Waals surface area contributed by atoms with E-state index in [1.165, 1.54) is 51.4 Å². The summed E-state index contributed by atoms with van der Waals surface area (Å²) in [6, 6.07) is 0.523. The zero-order chi connectivity index (χ0) is 13.6. The Balaban J connectivity index is 3.85. The van der Waals surface area contributed by atoms with Gasteiger partial charge in [0.1, 0.15) is 6.23 Å². The molecular formula is C16H35NO. The number of hydrogen-bond donors (Lipinski definition) is 2. The minimum atomic E-state index is -0.293. The Morgan fingerprint density at radius 1 is 0.722 bits per heavy atom. The summed E-state index contributed by atoms with van der Waals surface area (Å²) in [5, 5.41) is 13.4. The second kappa shape index (κ2) is 13.4. The number of hydrogen-bond acceptors (Lipinski definition) is 2. The quantitative estimate of drug-likeness (QED) is 0.373. The van der Waals surface area contributed by atoms with Crippen molar-refractivity contribution in [3.63, 3.8) is 0 Å². The maximum atomic E-state index is 9.95. The monoisotopic (exact) mass is 257 g/mol. The van der Waals surface area contributed by atoms with E-state index in [2.05, 4.69) is 26.1 Å². The summed E-state index contributed by atoms with van der Waals surface area (Å²) in [6.07, 6.45) is 13.1. The fraction of sp³-hybridized carbons (Fsp3) is 1.00. The van der Waals surface area contributed by atoms with Crippen molar-refractivity contribution in [2.45, 2.75) is 104 Å². The Bertz CT molecular complexity index is 151. The lowest BCUT2D eigenvalue weighted by Gasteiger charge is -2.22. The Kier molecular flexibility index (Phi) is 13.3. The predicted molar refractivity (Wildman–Crippen MR) is 80.7 cm³/mol. The van der Waals surface area contributed by atoms with Crippen LogP contribution in [0.2, 0.25) is 0 Å². The Morgan fingerprint density at radius 2 is 1.22 bits per heavy atom. The molecule has 0 aliphatic carbocycles. The molecule has 0 radical (unpaired) electrons. The lowest BCUT2D eigenvalue weighted by molar-refractivity contribution is 0.105. The van der Waals surface area contributed by atoms with Gasteiger partial charge in [0.15, 0.2) is 0 Å². The van der Waals surface area contributed by atoms with E-state index in [1.807, 2.05) is 0 Å². The average molecular weight is 257 g/mol. The van der Waals surface area contributed by atoms with Crippen LogP contribution in [0.5, 0.6) is 0 Å². The van der Waals surface area contributed by atoms with Gasteiger partial charge in [-0.25, -0.2) is 0 Å². The molecule has 110 valence electrons. The summed E-state index contributed by atoms with van der Waals surface area (Å²) in [6.45, 7) is 6.66. The molecule has 0 saturated carbocycles. The van der Waals surface area contributed by atoms with E-state index in [9.17, 15) is 5.11 Å². The summed E-state index contributed by atoms with van der Waals surface area (Å²) in [4.78, 5) is 0. The normalized spacial score (nSPS) is 13.2. The van der Waals surface area contributed by atoms with Crippen LogP contribution >= 0.6 is 0 Å². The van der Waals surface area contributed by atoms with Crippen molar-refractivity contribution in [3.05, 3.63) is 0 Å². The van der Waals surface area contributed by atoms with Crippen molar-refractivity contribution in [2.24, 2.45) is 0 Å². The summed E-state index contributed by atoms with van der Waals surface area (Å²) in [5.41, 5.74) is 0. The Morgan fingerprint density at radius 3 is 1.67 bits per heavy atom. The van der Waals surface area contributed by atoms with Gasteiger partial charge in [0.25, 0.3) is 0 Å². The Labute approximate surface area is 115 Å². The molecule has 0 amide bonds. The highest BCUT2D eigenvalue weighted by molar-refractivity contribution is 4.69. The zero-order valence-corrected chi connectivity index (χ0v) is 12.9. The molecule has 18 heavy (non-hydrogen) atoms. The fourth-order valence-electron chi connectivity index (χ4n) is 2.35. The topological polar surface area (TPSA) is 32.3 Å². The van der Waals surface area contributed by atoms with Crippen LogP contribution in [-0.2, 0) is 0 Å². The number of aliphatic hydroxyl groups excluding tert-OH is 1. The summed E-state index contributed by atoms with van der Waals surface area (Å²) in [5.74, 6) is 0. The second-order valence-electron chi connectivity index (χ2n) is 5.51. The third kappa shape index (κ3) is 11.0. The first-order valence-electron chi connectivity index (χ1n) is 8.18. The summed E-state index contributed by atoms with van der Waals surface area (Å²) in [7, 11) is 0. The van der Waals surface area contributed by atoms with Gasteiger partial charge >= 0.3 is 0 Å². The molecule has 1 atom stereocenters. The molecular weight excluding hydrogens is 222 g/mol. The maximum absolute atomic E-state index is 9.95. The summed E-state index contributed by atoms with van der Waals surface area (Å²) < 4.78 is 0. The molecule has 2 nitrogen and oxygen atoms in total. The van der Waals surface area contributed by atoms with E-state index in [0.717, 1.165) is 19.3 Å². The van der Waals surface area contributed by atoms with Crippen molar-refractivity contribution >= 4 is 0 Å². The summed E-state index contributed by atoms with van der Waals surface area (Å²) >= 11 is 0. The molecule has 0 aromatic carbocycles. The van der Waals surface area contributed by atoms with E-state index in [4.69, 9.17) is 0 Å². The number of unbranched alkanes of at least 4 members (excludes halogenated alkanes) is 5. The van der Waals surface area contributed by atoms with Crippen LogP contribution in [0, 0.1) is 0 Å². The number of aliphatic hydroxyl groups is 1. The predicted octanol–water partition coefficient (Wildman–Crippen LogP) is 4.61. The van der Waals surface area contributed by atoms with Gasteiger partial charge in [-0.15, -0.1) is 0 Å². The molecule has 2 heteroatoms. The van der Waals surface area contributed by atoms with Crippen LogP contribution in [0.25, 0.3) is 0 Å². The molecule has 0 heterocycles. The molecule has 0 fully saturated rings. The highest BCUT2D eigenvalue weighted by Gasteiger charge is 2.12. The maximum Gasteiger partial charge on any atom is 0.105 e. The van der Waals surface area contributed by atoms with Crippen molar-refractivity contribution in [1.29, 1.82) is 0 Å². The number of nitrogens with one attached hydrogen (secondary N) is 1. The van der Waals surface area contributed by atoms with E-state index in [1.54, 1.807) is 0 Å². The van der Waals surface area contributed by atoms with Gasteiger partial charge in [-0.3, -0.25) is 5.32 Å². The molecule has 0 aliphatic heterocycles. The zero-order valence-electron chi connectivity index (χ0n) is 12.9. The first-order chi connectivity index (χ1) is 8.74. The number of rotatable bonds is 13. The molecule has 0 spiro atoms. The van der Waals surface area contributed by atoms with Crippen LogP contribution in [-0.4, -0.2) is 17.4 Å². The SMILES string of the molecule is CCCCCC(CCCCC)NC(O)CCCC. The average Bonchev–Trinajstić information content (AvgIpc) is 2.36. The lowest BCUT2D eigenvalue weighted by atomic mass is 10.0. The highest BCUT2D eigenvalue weighted by Crippen LogP contribution is 2.12. The molecule has 2 N–H and O–H groups in total. The molecule has 0 aliphatic rings. The van der Waals surface area contributed by atoms with Crippen molar-refractivity contribution < 1.29 is 5.11 Å². The minimum absolute atomic E-state index is 0.293. The van der Waals surface area contributed by atoms with Gasteiger partial charge in [0.05, 0.1) is 0 Å². The molecule has 0 bridgehead atoms. The van der Waals surface area contributed by atoms with Crippen LogP contribution in [0.15, 0.2) is 0 Å². The van der Waals surface area contributed by atoms with E-state index in [-0.39, 0.29) is 6.23 Å². The molecule has 0 saturated heterocycles. The third-order valence-corrected chi connectivity index (χ3v) is 3.57. The van der Waals surface area contributed by atoms with Crippen molar-refractivity contribution in [1.82, 2.24) is 5.32 Å². The molecule has 1 unspecified atom stereocenters. The van der Waals surface area contributed by atoms with Gasteiger partial charge in [-0.2, -0.15) is 0 Å². The first kappa shape index (κ1) is 17.9. The standard InChI is InChI=1S/C16H35NO/c1-4-7-10-12-15(13-11-8-5-2)17-16(18)14-9-6-3/h15-18H,4-14H2,1-3H3. The first-order valence-corrected chi connectivity index (χ1v) is 8.18.